The summed E-state index contributed by atoms with van der Waals surface area (Å²) in [5.41, 5.74) is 0.696. The van der Waals surface area contributed by atoms with E-state index in [-0.39, 0.29) is 0 Å². The van der Waals surface area contributed by atoms with E-state index in [2.05, 4.69) is 5.10 Å². The Bertz CT molecular complexity index is 456. The third-order valence-corrected chi connectivity index (χ3v) is 2.39. The van der Waals surface area contributed by atoms with Gasteiger partial charge in [0.25, 0.3) is 0 Å². The smallest absolute Gasteiger partial charge is 0.317 e. The third kappa shape index (κ3) is 2.41. The predicted molar refractivity (Wildman–Crippen MR) is 58.9 cm³/mol. The lowest BCUT2D eigenvalue weighted by Gasteiger charge is -2.08. The van der Waals surface area contributed by atoms with Gasteiger partial charge in [0.2, 0.25) is 0 Å². The van der Waals surface area contributed by atoms with Crippen molar-refractivity contribution in [2.75, 3.05) is 0 Å². The molecule has 2 aromatic rings. The van der Waals surface area contributed by atoms with Crippen LogP contribution in [0.25, 0.3) is 0 Å². The molecular formula is C11H9ClN2O2. The Labute approximate surface area is 97.4 Å². The molecule has 1 unspecified atom stereocenters. The summed E-state index contributed by atoms with van der Waals surface area (Å²) >= 11 is 5.96. The van der Waals surface area contributed by atoms with Crippen molar-refractivity contribution in [3.63, 3.8) is 0 Å². The number of aromatic nitrogens is 2. The van der Waals surface area contributed by atoms with E-state index in [1.165, 1.54) is 12.4 Å². The van der Waals surface area contributed by atoms with Crippen molar-refractivity contribution in [1.29, 1.82) is 0 Å². The molecule has 0 radical (unpaired) electrons. The number of rotatable bonds is 3. The quantitative estimate of drug-likeness (QED) is 0.764. The first-order valence-electron chi connectivity index (χ1n) is 4.68. The molecular weight excluding hydrogens is 228 g/mol. The van der Waals surface area contributed by atoms with Gasteiger partial charge in [-0.2, -0.15) is 0 Å². The highest BCUT2D eigenvalue weighted by Crippen LogP contribution is 2.20. The summed E-state index contributed by atoms with van der Waals surface area (Å²) in [5.74, 6) is -0.559. The van der Waals surface area contributed by atoms with Crippen molar-refractivity contribution in [3.8, 4) is 0 Å². The molecule has 1 heterocycles. The van der Waals surface area contributed by atoms with Gasteiger partial charge in [-0.3, -0.25) is 0 Å². The molecule has 0 saturated heterocycles. The van der Waals surface area contributed by atoms with E-state index in [0.717, 1.165) is 4.85 Å². The summed E-state index contributed by atoms with van der Waals surface area (Å²) in [7, 11) is 0. The van der Waals surface area contributed by atoms with Gasteiger partial charge in [0.05, 0.1) is 12.4 Å². The second-order valence-electron chi connectivity index (χ2n) is 3.09. The zero-order valence-electron chi connectivity index (χ0n) is 8.29. The van der Waals surface area contributed by atoms with Crippen LogP contribution in [0.3, 0.4) is 0 Å². The van der Waals surface area contributed by atoms with Gasteiger partial charge in [-0.05, 0) is 11.6 Å². The zero-order chi connectivity index (χ0) is 11.4. The van der Waals surface area contributed by atoms with Crippen molar-refractivity contribution in [3.05, 3.63) is 54.4 Å². The van der Waals surface area contributed by atoms with Gasteiger partial charge < -0.3 is 4.84 Å². The summed E-state index contributed by atoms with van der Waals surface area (Å²) in [6, 6.07) is 10.7. The Balaban J connectivity index is 2.05. The number of carbonyl (C=O) groups is 1. The summed E-state index contributed by atoms with van der Waals surface area (Å²) in [6.45, 7) is 0. The summed E-state index contributed by atoms with van der Waals surface area (Å²) in [5, 5.41) is 2.92. The first-order valence-corrected chi connectivity index (χ1v) is 5.12. The van der Waals surface area contributed by atoms with E-state index < -0.39 is 11.3 Å². The Morgan fingerprint density at radius 3 is 2.69 bits per heavy atom. The van der Waals surface area contributed by atoms with Crippen molar-refractivity contribution in [2.45, 2.75) is 5.38 Å². The number of benzene rings is 1. The van der Waals surface area contributed by atoms with Gasteiger partial charge in [-0.1, -0.05) is 35.2 Å². The van der Waals surface area contributed by atoms with Crippen LogP contribution in [0.1, 0.15) is 10.9 Å². The molecule has 0 bridgehead atoms. The number of carbonyl (C=O) groups excluding carboxylic acids is 1. The number of nitrogens with zero attached hydrogens (tertiary/aromatic N) is 2. The molecule has 0 spiro atoms. The van der Waals surface area contributed by atoms with Crippen LogP contribution < -0.4 is 4.84 Å². The molecule has 1 aromatic heterocycles. The third-order valence-electron chi connectivity index (χ3n) is 1.96. The lowest BCUT2D eigenvalue weighted by Crippen LogP contribution is -2.23. The summed E-state index contributed by atoms with van der Waals surface area (Å²) < 4.78 is 0. The average Bonchev–Trinajstić information content (AvgIpc) is 2.82. The van der Waals surface area contributed by atoms with Crippen LogP contribution >= 0.6 is 11.6 Å². The van der Waals surface area contributed by atoms with Crippen LogP contribution in [-0.4, -0.2) is 15.9 Å². The summed E-state index contributed by atoms with van der Waals surface area (Å²) in [6.07, 6.45) is 3.03. The highest BCUT2D eigenvalue weighted by molar-refractivity contribution is 6.29. The summed E-state index contributed by atoms with van der Waals surface area (Å²) in [4.78, 5) is 17.6. The maximum Gasteiger partial charge on any atom is 0.357 e. The Kier molecular flexibility index (Phi) is 3.22. The van der Waals surface area contributed by atoms with Crippen LogP contribution in [0.15, 0.2) is 48.8 Å². The van der Waals surface area contributed by atoms with E-state index in [0.29, 0.717) is 5.56 Å². The van der Waals surface area contributed by atoms with Crippen LogP contribution in [0.4, 0.5) is 0 Å². The second kappa shape index (κ2) is 4.81. The SMILES string of the molecule is O=C(On1cccn1)C(Cl)c1ccccc1. The molecule has 2 rings (SSSR count). The van der Waals surface area contributed by atoms with Crippen LogP contribution in [0, 0.1) is 0 Å². The van der Waals surface area contributed by atoms with Crippen molar-refractivity contribution in [1.82, 2.24) is 9.94 Å². The molecule has 4 nitrogen and oxygen atoms in total. The maximum atomic E-state index is 11.6. The fourth-order valence-electron chi connectivity index (χ4n) is 1.21. The molecule has 0 saturated carbocycles. The topological polar surface area (TPSA) is 44.1 Å². The Morgan fingerprint density at radius 2 is 2.06 bits per heavy atom. The molecule has 82 valence electrons. The normalized spacial score (nSPS) is 12.1. The molecule has 0 aliphatic carbocycles. The van der Waals surface area contributed by atoms with Gasteiger partial charge in [0, 0.05) is 0 Å². The van der Waals surface area contributed by atoms with Crippen molar-refractivity contribution >= 4 is 17.6 Å². The second-order valence-corrected chi connectivity index (χ2v) is 3.53. The monoisotopic (exact) mass is 236 g/mol. The molecule has 0 amide bonds. The molecule has 16 heavy (non-hydrogen) atoms. The van der Waals surface area contributed by atoms with Crippen molar-refractivity contribution < 1.29 is 9.63 Å². The molecule has 0 fully saturated rings. The van der Waals surface area contributed by atoms with Crippen molar-refractivity contribution in [2.24, 2.45) is 0 Å². The van der Waals surface area contributed by atoms with E-state index in [1.807, 2.05) is 18.2 Å². The Morgan fingerprint density at radius 1 is 1.31 bits per heavy atom. The Hall–Kier alpha value is -1.81. The molecule has 5 heteroatoms. The minimum absolute atomic E-state index is 0.559. The van der Waals surface area contributed by atoms with Gasteiger partial charge in [-0.15, -0.1) is 16.7 Å². The first kappa shape index (κ1) is 10.7. The number of hydrogen-bond donors (Lipinski definition) is 0. The van der Waals surface area contributed by atoms with Gasteiger partial charge in [-0.25, -0.2) is 4.79 Å². The fourth-order valence-corrected chi connectivity index (χ4v) is 1.39. The van der Waals surface area contributed by atoms with Crippen LogP contribution in [0.5, 0.6) is 0 Å². The van der Waals surface area contributed by atoms with E-state index >= 15 is 0 Å². The largest absolute Gasteiger partial charge is 0.357 e. The first-order chi connectivity index (χ1) is 7.77. The minimum atomic E-state index is -0.828. The van der Waals surface area contributed by atoms with Crippen LogP contribution in [-0.2, 0) is 4.79 Å². The van der Waals surface area contributed by atoms with E-state index in [9.17, 15) is 4.79 Å². The molecule has 1 atom stereocenters. The standard InChI is InChI=1S/C11H9ClN2O2/c12-10(9-5-2-1-3-6-9)11(15)16-14-8-4-7-13-14/h1-8,10H. The van der Waals surface area contributed by atoms with E-state index in [4.69, 9.17) is 16.4 Å². The highest BCUT2D eigenvalue weighted by atomic mass is 35.5. The average molecular weight is 237 g/mol. The zero-order valence-corrected chi connectivity index (χ0v) is 9.04. The number of hydrogen-bond acceptors (Lipinski definition) is 3. The van der Waals surface area contributed by atoms with Gasteiger partial charge >= 0.3 is 5.97 Å². The highest BCUT2D eigenvalue weighted by Gasteiger charge is 2.20. The maximum absolute atomic E-state index is 11.6. The molecule has 1 aromatic carbocycles. The molecule has 0 N–H and O–H groups in total. The molecule has 0 aliphatic rings. The van der Waals surface area contributed by atoms with Crippen LogP contribution in [0.2, 0.25) is 0 Å². The van der Waals surface area contributed by atoms with E-state index in [1.54, 1.807) is 18.2 Å². The number of halogens is 1. The lowest BCUT2D eigenvalue weighted by atomic mass is 10.1. The van der Waals surface area contributed by atoms with Gasteiger partial charge in [0.15, 0.2) is 5.38 Å². The lowest BCUT2D eigenvalue weighted by molar-refractivity contribution is -0.145. The minimum Gasteiger partial charge on any atom is -0.317 e. The molecule has 0 aliphatic heterocycles. The fraction of sp³-hybridized carbons (Fsp3) is 0.0909. The number of alkyl halides is 1. The van der Waals surface area contributed by atoms with Gasteiger partial charge in [0.1, 0.15) is 0 Å². The predicted octanol–water partition coefficient (Wildman–Crippen LogP) is 1.82.